The second-order valence-corrected chi connectivity index (χ2v) is 10.7. The summed E-state index contributed by atoms with van der Waals surface area (Å²) >= 11 is 3.11. The number of imide groups is 1. The number of hydrogen-bond donors (Lipinski definition) is 1. The van der Waals surface area contributed by atoms with Gasteiger partial charge in [0.1, 0.15) is 0 Å². The van der Waals surface area contributed by atoms with Gasteiger partial charge in [0.2, 0.25) is 11.8 Å². The van der Waals surface area contributed by atoms with Crippen LogP contribution >= 0.6 is 23.1 Å². The van der Waals surface area contributed by atoms with Gasteiger partial charge < -0.3 is 5.11 Å². The number of carbonyl (C=O) groups is 3. The van der Waals surface area contributed by atoms with Crippen molar-refractivity contribution in [3.8, 4) is 0 Å². The smallest absolute Gasteiger partial charge is 0.335 e. The number of fused-ring (bicyclic) bond motifs is 6. The van der Waals surface area contributed by atoms with Crippen molar-refractivity contribution in [1.29, 1.82) is 0 Å². The summed E-state index contributed by atoms with van der Waals surface area (Å²) in [6.07, 6.45) is 5.13. The van der Waals surface area contributed by atoms with Crippen LogP contribution in [0.2, 0.25) is 0 Å². The summed E-state index contributed by atoms with van der Waals surface area (Å²) in [5, 5.41) is 9.01. The van der Waals surface area contributed by atoms with E-state index in [-0.39, 0.29) is 41.0 Å². The van der Waals surface area contributed by atoms with Gasteiger partial charge in [-0.2, -0.15) is 0 Å². The third kappa shape index (κ3) is 3.01. The van der Waals surface area contributed by atoms with E-state index in [9.17, 15) is 14.4 Å². The number of carboxylic acids is 1. The van der Waals surface area contributed by atoms with Crippen LogP contribution in [0.1, 0.15) is 22.3 Å². The Bertz CT molecular complexity index is 1280. The first kappa shape index (κ1) is 19.7. The molecule has 6 rings (SSSR count). The number of carboxylic acid groups (broad SMARTS) is 1. The fraction of sp³-hybridized carbons (Fsp3) is 0.250. The molecule has 6 nitrogen and oxygen atoms in total. The minimum atomic E-state index is -0.936. The molecule has 3 aromatic rings. The number of thioether (sulfide) groups is 1. The Morgan fingerprint density at radius 2 is 1.75 bits per heavy atom. The Balaban J connectivity index is 1.21. The van der Waals surface area contributed by atoms with Gasteiger partial charge in [-0.15, -0.1) is 11.3 Å². The predicted molar refractivity (Wildman–Crippen MR) is 123 cm³/mol. The minimum Gasteiger partial charge on any atom is -0.478 e. The quantitative estimate of drug-likeness (QED) is 0.339. The van der Waals surface area contributed by atoms with E-state index in [1.165, 1.54) is 16.2 Å². The van der Waals surface area contributed by atoms with Gasteiger partial charge in [0.15, 0.2) is 4.34 Å². The summed E-state index contributed by atoms with van der Waals surface area (Å²) < 4.78 is 1.82. The van der Waals surface area contributed by atoms with E-state index >= 15 is 0 Å². The number of allylic oxidation sites excluding steroid dienone is 2. The number of nitrogens with zero attached hydrogens (tertiary/aromatic N) is 2. The highest BCUT2D eigenvalue weighted by Gasteiger charge is 2.59. The van der Waals surface area contributed by atoms with Crippen molar-refractivity contribution in [2.24, 2.45) is 23.7 Å². The highest BCUT2D eigenvalue weighted by atomic mass is 32.2. The van der Waals surface area contributed by atoms with Crippen LogP contribution in [-0.4, -0.2) is 27.9 Å². The molecule has 2 bridgehead atoms. The van der Waals surface area contributed by atoms with E-state index in [1.54, 1.807) is 23.9 Å². The fourth-order valence-corrected chi connectivity index (χ4v) is 7.20. The molecule has 4 atom stereocenters. The molecule has 1 aromatic heterocycles. The Kier molecular flexibility index (Phi) is 4.48. The summed E-state index contributed by atoms with van der Waals surface area (Å²) in [5.41, 5.74) is 2.75. The van der Waals surface area contributed by atoms with Crippen molar-refractivity contribution in [2.45, 2.75) is 16.5 Å². The first-order chi connectivity index (χ1) is 15.5. The Morgan fingerprint density at radius 3 is 2.41 bits per heavy atom. The Labute approximate surface area is 191 Å². The van der Waals surface area contributed by atoms with E-state index in [4.69, 9.17) is 5.11 Å². The van der Waals surface area contributed by atoms with Gasteiger partial charge in [-0.25, -0.2) is 14.7 Å². The number of amides is 2. The van der Waals surface area contributed by atoms with Gasteiger partial charge in [-0.1, -0.05) is 36.0 Å². The molecule has 0 spiro atoms. The molecule has 2 amide bonds. The number of aromatic nitrogens is 1. The highest BCUT2D eigenvalue weighted by Crippen LogP contribution is 2.53. The maximum Gasteiger partial charge on any atom is 0.335 e. The highest BCUT2D eigenvalue weighted by molar-refractivity contribution is 8.00. The number of rotatable bonds is 5. The average molecular weight is 463 g/mol. The van der Waals surface area contributed by atoms with Gasteiger partial charge >= 0.3 is 5.97 Å². The minimum absolute atomic E-state index is 0.0693. The van der Waals surface area contributed by atoms with E-state index in [1.807, 2.05) is 30.3 Å². The van der Waals surface area contributed by atoms with Crippen molar-refractivity contribution in [3.63, 3.8) is 0 Å². The molecule has 2 heterocycles. The molecule has 2 aromatic carbocycles. The SMILES string of the molecule is O=C(O)c1ccc(CSc2nc3ccc(N4C(=O)[C@@H]5[C@@H](C4=O)[C@@H]4C=C[C@@H]5C4)cc3s2)cc1. The molecule has 1 saturated heterocycles. The van der Waals surface area contributed by atoms with Crippen LogP contribution in [0.25, 0.3) is 10.2 Å². The lowest BCUT2D eigenvalue weighted by Crippen LogP contribution is -2.32. The first-order valence-corrected chi connectivity index (χ1v) is 12.2. The summed E-state index contributed by atoms with van der Waals surface area (Å²) in [5.74, 6) is -0.401. The Morgan fingerprint density at radius 1 is 1.06 bits per heavy atom. The van der Waals surface area contributed by atoms with E-state index in [0.29, 0.717) is 11.4 Å². The molecule has 2 aliphatic carbocycles. The number of hydrogen-bond acceptors (Lipinski definition) is 6. The standard InChI is InChI=1S/C24H18N2O4S2/c27-21-19-14-5-6-15(9-14)20(19)22(28)26(21)16-7-8-17-18(10-16)32-24(25-17)31-11-12-1-3-13(4-2-12)23(29)30/h1-8,10,14-15,19-20H,9,11H2,(H,29,30)/t14-,15-,19+,20+/m1/s1. The molecule has 160 valence electrons. The van der Waals surface area contributed by atoms with Gasteiger partial charge in [0.25, 0.3) is 0 Å². The zero-order valence-corrected chi connectivity index (χ0v) is 18.4. The second-order valence-electron chi connectivity index (χ2n) is 8.43. The molecule has 1 N–H and O–H groups in total. The van der Waals surface area contributed by atoms with Crippen LogP contribution in [0.15, 0.2) is 59.0 Å². The van der Waals surface area contributed by atoms with Crippen molar-refractivity contribution < 1.29 is 19.5 Å². The molecule has 1 aliphatic heterocycles. The lowest BCUT2D eigenvalue weighted by Gasteiger charge is -2.17. The van der Waals surface area contributed by atoms with Crippen LogP contribution in [0.3, 0.4) is 0 Å². The first-order valence-electron chi connectivity index (χ1n) is 10.4. The summed E-state index contributed by atoms with van der Waals surface area (Å²) in [4.78, 5) is 43.2. The number of anilines is 1. The molecular formula is C24H18N2O4S2. The van der Waals surface area contributed by atoms with Crippen LogP contribution < -0.4 is 4.90 Å². The van der Waals surface area contributed by atoms with Gasteiger partial charge in [0.05, 0.1) is 33.3 Å². The molecule has 3 aliphatic rings. The summed E-state index contributed by atoms with van der Waals surface area (Å²) in [6, 6.07) is 12.4. The van der Waals surface area contributed by atoms with Crippen LogP contribution in [0.5, 0.6) is 0 Å². The molecule has 0 unspecified atom stereocenters. The number of benzene rings is 2. The van der Waals surface area contributed by atoms with Crippen LogP contribution in [0, 0.1) is 23.7 Å². The molecule has 8 heteroatoms. The summed E-state index contributed by atoms with van der Waals surface area (Å²) in [7, 11) is 0. The third-order valence-corrected chi connectivity index (χ3v) is 8.88. The van der Waals surface area contributed by atoms with E-state index in [0.717, 1.165) is 26.5 Å². The molecule has 0 radical (unpaired) electrons. The van der Waals surface area contributed by atoms with Crippen LogP contribution in [0.4, 0.5) is 5.69 Å². The zero-order chi connectivity index (χ0) is 22.0. The largest absolute Gasteiger partial charge is 0.478 e. The van der Waals surface area contributed by atoms with Crippen molar-refractivity contribution >= 4 is 56.8 Å². The molecule has 32 heavy (non-hydrogen) atoms. The van der Waals surface area contributed by atoms with Crippen molar-refractivity contribution in [2.75, 3.05) is 4.90 Å². The Hall–Kier alpha value is -2.97. The van der Waals surface area contributed by atoms with Crippen molar-refractivity contribution in [1.82, 2.24) is 4.98 Å². The second kappa shape index (κ2) is 7.28. The van der Waals surface area contributed by atoms with Crippen molar-refractivity contribution in [3.05, 3.63) is 65.7 Å². The molecular weight excluding hydrogens is 444 g/mol. The summed E-state index contributed by atoms with van der Waals surface area (Å²) in [6.45, 7) is 0. The van der Waals surface area contributed by atoms with Gasteiger partial charge in [-0.3, -0.25) is 9.59 Å². The monoisotopic (exact) mass is 462 g/mol. The normalized spacial score (nSPS) is 25.8. The zero-order valence-electron chi connectivity index (χ0n) is 16.8. The fourth-order valence-electron chi connectivity index (χ4n) is 5.14. The van der Waals surface area contributed by atoms with Gasteiger partial charge in [-0.05, 0) is 54.2 Å². The number of carbonyl (C=O) groups excluding carboxylic acids is 2. The maximum absolute atomic E-state index is 13.1. The third-order valence-electron chi connectivity index (χ3n) is 6.64. The number of aromatic carboxylic acids is 1. The van der Waals surface area contributed by atoms with E-state index < -0.39 is 5.97 Å². The lowest BCUT2D eigenvalue weighted by atomic mass is 9.85. The number of thiazole rings is 1. The topological polar surface area (TPSA) is 87.6 Å². The van der Waals surface area contributed by atoms with E-state index in [2.05, 4.69) is 17.1 Å². The average Bonchev–Trinajstić information content (AvgIpc) is 3.55. The molecule has 1 saturated carbocycles. The molecule has 2 fully saturated rings. The lowest BCUT2D eigenvalue weighted by molar-refractivity contribution is -0.123. The van der Waals surface area contributed by atoms with Crippen LogP contribution in [-0.2, 0) is 15.3 Å². The maximum atomic E-state index is 13.1. The predicted octanol–water partition coefficient (Wildman–Crippen LogP) is 4.60. The van der Waals surface area contributed by atoms with Gasteiger partial charge in [0, 0.05) is 5.75 Å².